The summed E-state index contributed by atoms with van der Waals surface area (Å²) < 4.78 is 6.81. The SMILES string of the molecule is [N-]=[N+]=Nc1ncnc2c(C3C(O)C(O)C(COC(c4ccccc4)(c4ccccc4)c4ccccc4)N3C(=O)O)c[nH]c12. The van der Waals surface area contributed by atoms with Gasteiger partial charge in [-0.05, 0) is 27.3 Å². The van der Waals surface area contributed by atoms with Crippen molar-refractivity contribution in [3.8, 4) is 0 Å². The van der Waals surface area contributed by atoms with Crippen molar-refractivity contribution in [2.24, 2.45) is 5.11 Å². The van der Waals surface area contributed by atoms with E-state index in [2.05, 4.69) is 25.0 Å². The number of hydrogen-bond acceptors (Lipinski definition) is 7. The summed E-state index contributed by atoms with van der Waals surface area (Å²) in [5.74, 6) is 0.0203. The van der Waals surface area contributed by atoms with E-state index in [1.807, 2.05) is 91.0 Å². The van der Waals surface area contributed by atoms with Gasteiger partial charge in [-0.2, -0.15) is 0 Å². The Labute approximate surface area is 245 Å². The average molecular weight is 578 g/mol. The molecule has 4 N–H and O–H groups in total. The van der Waals surface area contributed by atoms with Crippen LogP contribution >= 0.6 is 0 Å². The molecule has 6 rings (SSSR count). The number of amides is 1. The lowest BCUT2D eigenvalue weighted by Crippen LogP contribution is -2.46. The Kier molecular flexibility index (Phi) is 7.49. The third-order valence-corrected chi connectivity index (χ3v) is 7.89. The molecule has 216 valence electrons. The Morgan fingerprint density at radius 3 is 2.00 bits per heavy atom. The highest BCUT2D eigenvalue weighted by atomic mass is 16.5. The van der Waals surface area contributed by atoms with Crippen molar-refractivity contribution < 1.29 is 24.9 Å². The average Bonchev–Trinajstić information content (AvgIpc) is 3.58. The standard InChI is InChI=1S/C31H27N7O5/c32-37-36-29-25-24(34-18-35-29)22(16-33-25)26-28(40)27(39)23(38(26)30(41)42)17-43-31(19-10-4-1-5-11-19,20-12-6-2-7-13-20)21-14-8-3-9-15-21/h1-16,18,23,26-28,33,39-40H,17H2,(H,41,42). The number of rotatable bonds is 8. The molecule has 43 heavy (non-hydrogen) atoms. The molecule has 0 radical (unpaired) electrons. The molecule has 3 aromatic carbocycles. The van der Waals surface area contributed by atoms with E-state index >= 15 is 0 Å². The van der Waals surface area contributed by atoms with E-state index in [-0.39, 0.29) is 23.5 Å². The Hall–Kier alpha value is -5.26. The van der Waals surface area contributed by atoms with Gasteiger partial charge in [0, 0.05) is 16.7 Å². The van der Waals surface area contributed by atoms with Crippen LogP contribution in [0.4, 0.5) is 10.6 Å². The van der Waals surface area contributed by atoms with Gasteiger partial charge in [0.2, 0.25) is 0 Å². The van der Waals surface area contributed by atoms with E-state index in [0.717, 1.165) is 21.6 Å². The number of carbonyl (C=O) groups is 1. The molecule has 5 aromatic rings. The summed E-state index contributed by atoms with van der Waals surface area (Å²) in [6.07, 6.45) is -1.72. The number of H-pyrrole nitrogens is 1. The van der Waals surface area contributed by atoms with Crippen molar-refractivity contribution in [1.82, 2.24) is 19.9 Å². The van der Waals surface area contributed by atoms with Crippen LogP contribution in [0, 0.1) is 0 Å². The molecule has 0 spiro atoms. The van der Waals surface area contributed by atoms with Gasteiger partial charge >= 0.3 is 6.09 Å². The summed E-state index contributed by atoms with van der Waals surface area (Å²) in [5.41, 5.74) is 11.0. The number of aliphatic hydroxyl groups is 2. The Morgan fingerprint density at radius 1 is 0.930 bits per heavy atom. The van der Waals surface area contributed by atoms with Gasteiger partial charge in [-0.15, -0.1) is 0 Å². The number of aliphatic hydroxyl groups excluding tert-OH is 2. The second kappa shape index (κ2) is 11.6. The molecule has 4 unspecified atom stereocenters. The number of azide groups is 1. The minimum atomic E-state index is -1.51. The van der Waals surface area contributed by atoms with Gasteiger partial charge in [0.15, 0.2) is 5.82 Å². The molecule has 4 atom stereocenters. The predicted octanol–water partition coefficient (Wildman–Crippen LogP) is 5.03. The lowest BCUT2D eigenvalue weighted by atomic mass is 9.80. The second-order valence-electron chi connectivity index (χ2n) is 10.1. The molecule has 1 amide bonds. The topological polar surface area (TPSA) is 181 Å². The number of likely N-dealkylation sites (tertiary alicyclic amines) is 1. The summed E-state index contributed by atoms with van der Waals surface area (Å²) in [5, 5.41) is 36.6. The van der Waals surface area contributed by atoms with Crippen LogP contribution in [0.5, 0.6) is 0 Å². The van der Waals surface area contributed by atoms with Crippen LogP contribution in [-0.2, 0) is 10.3 Å². The molecule has 12 nitrogen and oxygen atoms in total. The third-order valence-electron chi connectivity index (χ3n) is 7.89. The normalized spacial score (nSPS) is 20.2. The highest BCUT2D eigenvalue weighted by Crippen LogP contribution is 2.44. The first-order valence-electron chi connectivity index (χ1n) is 13.5. The van der Waals surface area contributed by atoms with Crippen LogP contribution < -0.4 is 0 Å². The molecular formula is C31H27N7O5. The van der Waals surface area contributed by atoms with E-state index < -0.39 is 36.0 Å². The Morgan fingerprint density at radius 2 is 1.49 bits per heavy atom. The zero-order valence-corrected chi connectivity index (χ0v) is 22.7. The Bertz CT molecular complexity index is 1680. The minimum Gasteiger partial charge on any atom is -0.465 e. The summed E-state index contributed by atoms with van der Waals surface area (Å²) in [6.45, 7) is -0.263. The minimum absolute atomic E-state index is 0.0203. The first-order valence-corrected chi connectivity index (χ1v) is 13.5. The number of benzene rings is 3. The quantitative estimate of drug-likeness (QED) is 0.0863. The smallest absolute Gasteiger partial charge is 0.408 e. The van der Waals surface area contributed by atoms with Crippen LogP contribution in [0.3, 0.4) is 0 Å². The van der Waals surface area contributed by atoms with E-state index in [1.165, 1.54) is 12.5 Å². The fourth-order valence-electron chi connectivity index (χ4n) is 5.99. The summed E-state index contributed by atoms with van der Waals surface area (Å²) >= 11 is 0. The second-order valence-corrected chi connectivity index (χ2v) is 10.1. The van der Waals surface area contributed by atoms with Gasteiger partial charge in [-0.1, -0.05) is 91.0 Å². The highest BCUT2D eigenvalue weighted by molar-refractivity contribution is 5.87. The largest absolute Gasteiger partial charge is 0.465 e. The molecule has 0 bridgehead atoms. The summed E-state index contributed by atoms with van der Waals surface area (Å²) in [6, 6.07) is 26.3. The lowest BCUT2D eigenvalue weighted by Gasteiger charge is -2.38. The van der Waals surface area contributed by atoms with Gasteiger partial charge in [-0.25, -0.2) is 14.8 Å². The highest BCUT2D eigenvalue weighted by Gasteiger charge is 2.53. The van der Waals surface area contributed by atoms with Gasteiger partial charge in [0.1, 0.15) is 24.1 Å². The molecule has 0 aliphatic carbocycles. The van der Waals surface area contributed by atoms with Gasteiger partial charge in [-0.3, -0.25) is 4.90 Å². The number of nitrogens with zero attached hydrogens (tertiary/aromatic N) is 6. The Balaban J connectivity index is 1.44. The number of aromatic amines is 1. The van der Waals surface area contributed by atoms with Crippen LogP contribution in [0.15, 0.2) is 109 Å². The van der Waals surface area contributed by atoms with Crippen LogP contribution in [0.1, 0.15) is 28.3 Å². The van der Waals surface area contributed by atoms with Crippen molar-refractivity contribution in [3.63, 3.8) is 0 Å². The fourth-order valence-corrected chi connectivity index (χ4v) is 5.99. The number of hydrogen-bond donors (Lipinski definition) is 4. The van der Waals surface area contributed by atoms with E-state index in [4.69, 9.17) is 10.3 Å². The van der Waals surface area contributed by atoms with Crippen molar-refractivity contribution in [1.29, 1.82) is 0 Å². The molecule has 0 saturated carbocycles. The number of nitrogens with one attached hydrogen (secondary N) is 1. The molecule has 1 fully saturated rings. The maximum atomic E-state index is 12.8. The van der Waals surface area contributed by atoms with Crippen molar-refractivity contribution >= 4 is 22.9 Å². The number of carboxylic acid groups (broad SMARTS) is 1. The van der Waals surface area contributed by atoms with E-state index in [9.17, 15) is 20.1 Å². The third kappa shape index (κ3) is 4.74. The van der Waals surface area contributed by atoms with Crippen LogP contribution in [-0.4, -0.2) is 66.1 Å². The van der Waals surface area contributed by atoms with Gasteiger partial charge in [0.25, 0.3) is 0 Å². The zero-order valence-electron chi connectivity index (χ0n) is 22.7. The molecule has 1 aliphatic heterocycles. The summed E-state index contributed by atoms with van der Waals surface area (Å²) in [4.78, 5) is 27.7. The van der Waals surface area contributed by atoms with E-state index in [1.54, 1.807) is 0 Å². The molecule has 1 aliphatic rings. The van der Waals surface area contributed by atoms with Crippen molar-refractivity contribution in [2.75, 3.05) is 6.61 Å². The number of ether oxygens (including phenoxy) is 1. The maximum Gasteiger partial charge on any atom is 0.408 e. The number of aromatic nitrogens is 3. The van der Waals surface area contributed by atoms with E-state index in [0.29, 0.717) is 5.56 Å². The summed E-state index contributed by atoms with van der Waals surface area (Å²) in [7, 11) is 0. The number of fused-ring (bicyclic) bond motifs is 1. The zero-order chi connectivity index (χ0) is 30.0. The van der Waals surface area contributed by atoms with Gasteiger partial charge in [0.05, 0.1) is 29.7 Å². The van der Waals surface area contributed by atoms with Crippen molar-refractivity contribution in [3.05, 3.63) is 136 Å². The molecule has 12 heteroatoms. The molecule has 3 heterocycles. The van der Waals surface area contributed by atoms with Crippen molar-refractivity contribution in [2.45, 2.75) is 29.9 Å². The lowest BCUT2D eigenvalue weighted by molar-refractivity contribution is -0.0423. The predicted molar refractivity (Wildman–Crippen MR) is 156 cm³/mol. The fraction of sp³-hybridized carbons (Fsp3) is 0.194. The maximum absolute atomic E-state index is 12.8. The van der Waals surface area contributed by atoms with Crippen LogP contribution in [0.2, 0.25) is 0 Å². The molecule has 2 aromatic heterocycles. The van der Waals surface area contributed by atoms with Crippen LogP contribution in [0.25, 0.3) is 21.5 Å². The first kappa shape index (κ1) is 27.9. The molecule has 1 saturated heterocycles. The first-order chi connectivity index (χ1) is 21.0. The molecular weight excluding hydrogens is 550 g/mol. The monoisotopic (exact) mass is 577 g/mol. The van der Waals surface area contributed by atoms with Gasteiger partial charge < -0.3 is 25.0 Å².